The fraction of sp³-hybridized carbons (Fsp3) is 0.366. The smallest absolute Gasteiger partial charge is 0.342 e. The van der Waals surface area contributed by atoms with Crippen LogP contribution < -0.4 is 14.8 Å². The molecule has 0 aliphatic heterocycles. The number of hydrogen-bond donors (Lipinski definition) is 2. The summed E-state index contributed by atoms with van der Waals surface area (Å²) in [7, 11) is 0. The van der Waals surface area contributed by atoms with E-state index in [2.05, 4.69) is 15.6 Å². The number of nitrogens with one attached hydrogen (secondary N) is 1. The Hall–Kier alpha value is -6.05. The van der Waals surface area contributed by atoms with Crippen molar-refractivity contribution < 1.29 is 56.7 Å². The lowest BCUT2D eigenvalue weighted by molar-refractivity contribution is -0.132. The SMILES string of the molecule is CCCSc1nc(NC2C[C@H]2c2ccc(F)c(F)c2)c2nnn([C@@H]3C[C@H](OCCO)[C@@H](OC(=O)c4ccccc4OC(C)=O)[C@H]3OC(=O)c3ccccc3OC(C)=O)c2n1. The molecular formula is C41H40F2N6O10S. The van der Waals surface area contributed by atoms with E-state index in [1.54, 1.807) is 30.3 Å². The van der Waals surface area contributed by atoms with Gasteiger partial charge in [0.15, 0.2) is 46.0 Å². The van der Waals surface area contributed by atoms with E-state index in [1.165, 1.54) is 60.6 Å². The average molecular weight is 847 g/mol. The van der Waals surface area contributed by atoms with Gasteiger partial charge in [-0.2, -0.15) is 0 Å². The number of halogens is 2. The number of aromatic nitrogens is 5. The molecule has 1 unspecified atom stereocenters. The first-order valence-electron chi connectivity index (χ1n) is 19.1. The quantitative estimate of drug-likeness (QED) is 0.0538. The van der Waals surface area contributed by atoms with Crippen LogP contribution in [0.2, 0.25) is 0 Å². The molecule has 6 atom stereocenters. The first-order chi connectivity index (χ1) is 28.9. The van der Waals surface area contributed by atoms with Gasteiger partial charge in [0, 0.05) is 38.0 Å². The maximum absolute atomic E-state index is 14.1. The number of fused-ring (bicyclic) bond motifs is 1. The minimum Gasteiger partial charge on any atom is -0.452 e. The van der Waals surface area contributed by atoms with Gasteiger partial charge in [-0.05, 0) is 54.8 Å². The molecule has 0 amide bonds. The molecule has 2 fully saturated rings. The van der Waals surface area contributed by atoms with Gasteiger partial charge in [-0.25, -0.2) is 33.0 Å². The Morgan fingerprint density at radius 1 is 0.867 bits per heavy atom. The monoisotopic (exact) mass is 846 g/mol. The van der Waals surface area contributed by atoms with Crippen molar-refractivity contribution in [3.8, 4) is 11.5 Å². The van der Waals surface area contributed by atoms with E-state index in [1.807, 2.05) is 6.92 Å². The molecule has 314 valence electrons. The fourth-order valence-electron chi connectivity index (χ4n) is 7.00. The normalized spacial score (nSPS) is 20.7. The summed E-state index contributed by atoms with van der Waals surface area (Å²) >= 11 is 1.38. The lowest BCUT2D eigenvalue weighted by Gasteiger charge is -2.27. The van der Waals surface area contributed by atoms with E-state index in [-0.39, 0.29) is 58.8 Å². The van der Waals surface area contributed by atoms with Crippen LogP contribution >= 0.6 is 11.8 Å². The Labute approximate surface area is 345 Å². The van der Waals surface area contributed by atoms with Crippen LogP contribution in [-0.4, -0.2) is 97.3 Å². The fourth-order valence-corrected chi connectivity index (χ4v) is 7.69. The van der Waals surface area contributed by atoms with Crippen molar-refractivity contribution in [1.29, 1.82) is 0 Å². The Balaban J connectivity index is 1.29. The van der Waals surface area contributed by atoms with Gasteiger partial charge < -0.3 is 34.1 Å². The van der Waals surface area contributed by atoms with Gasteiger partial charge in [-0.3, -0.25) is 9.59 Å². The van der Waals surface area contributed by atoms with Crippen molar-refractivity contribution in [3.05, 3.63) is 95.1 Å². The van der Waals surface area contributed by atoms with Gasteiger partial charge in [0.2, 0.25) is 0 Å². The number of para-hydroxylation sites is 2. The van der Waals surface area contributed by atoms with E-state index >= 15 is 0 Å². The van der Waals surface area contributed by atoms with Gasteiger partial charge in [-0.1, -0.05) is 54.2 Å². The molecule has 7 rings (SSSR count). The molecule has 2 aromatic heterocycles. The van der Waals surface area contributed by atoms with Gasteiger partial charge >= 0.3 is 23.9 Å². The second-order valence-electron chi connectivity index (χ2n) is 14.0. The molecule has 3 aromatic carbocycles. The van der Waals surface area contributed by atoms with E-state index in [0.29, 0.717) is 28.7 Å². The molecule has 19 heteroatoms. The number of rotatable bonds is 16. The molecule has 2 aliphatic rings. The number of ether oxygens (including phenoxy) is 5. The Morgan fingerprint density at radius 3 is 2.13 bits per heavy atom. The maximum atomic E-state index is 14.1. The number of nitrogens with zero attached hydrogens (tertiary/aromatic N) is 5. The number of benzene rings is 3. The number of carbonyl (C=O) groups excluding carboxylic acids is 4. The van der Waals surface area contributed by atoms with Crippen LogP contribution in [0.3, 0.4) is 0 Å². The van der Waals surface area contributed by atoms with Crippen molar-refractivity contribution in [1.82, 2.24) is 25.0 Å². The zero-order chi connectivity index (χ0) is 42.5. The summed E-state index contributed by atoms with van der Waals surface area (Å²) in [6, 6.07) is 14.5. The lowest BCUT2D eigenvalue weighted by atomic mass is 10.1. The van der Waals surface area contributed by atoms with E-state index in [0.717, 1.165) is 12.5 Å². The van der Waals surface area contributed by atoms with Crippen LogP contribution in [0.25, 0.3) is 11.2 Å². The summed E-state index contributed by atoms with van der Waals surface area (Å²) in [4.78, 5) is 61.4. The number of aliphatic hydroxyl groups is 1. The number of carbonyl (C=O) groups is 4. The molecule has 0 saturated heterocycles. The van der Waals surface area contributed by atoms with Gasteiger partial charge in [0.25, 0.3) is 0 Å². The summed E-state index contributed by atoms with van der Waals surface area (Å²) in [5.41, 5.74) is 0.899. The van der Waals surface area contributed by atoms with Crippen LogP contribution in [0.5, 0.6) is 11.5 Å². The van der Waals surface area contributed by atoms with Crippen LogP contribution in [0, 0.1) is 11.6 Å². The third-order valence-corrected chi connectivity index (χ3v) is 10.8. The van der Waals surface area contributed by atoms with Crippen molar-refractivity contribution >= 4 is 52.6 Å². The number of esters is 4. The predicted molar refractivity (Wildman–Crippen MR) is 210 cm³/mol. The molecule has 2 N–H and O–H groups in total. The third kappa shape index (κ3) is 9.37. The second kappa shape index (κ2) is 18.5. The number of aliphatic hydroxyl groups excluding tert-OH is 1. The summed E-state index contributed by atoms with van der Waals surface area (Å²) < 4.78 is 58.1. The predicted octanol–water partition coefficient (Wildman–Crippen LogP) is 5.59. The van der Waals surface area contributed by atoms with Gasteiger partial charge in [0.1, 0.15) is 28.7 Å². The second-order valence-corrected chi connectivity index (χ2v) is 15.1. The van der Waals surface area contributed by atoms with E-state index < -0.39 is 66.5 Å². The molecule has 60 heavy (non-hydrogen) atoms. The zero-order valence-corrected chi connectivity index (χ0v) is 33.4. The highest BCUT2D eigenvalue weighted by Gasteiger charge is 2.52. The highest BCUT2D eigenvalue weighted by atomic mass is 32.2. The largest absolute Gasteiger partial charge is 0.452 e. The van der Waals surface area contributed by atoms with Crippen LogP contribution in [0.4, 0.5) is 14.6 Å². The molecule has 0 bridgehead atoms. The van der Waals surface area contributed by atoms with Crippen molar-refractivity contribution in [2.75, 3.05) is 24.3 Å². The molecule has 2 aliphatic carbocycles. The number of hydrogen-bond acceptors (Lipinski definition) is 16. The molecule has 0 radical (unpaired) electrons. The van der Waals surface area contributed by atoms with Crippen LogP contribution in [0.1, 0.15) is 78.3 Å². The summed E-state index contributed by atoms with van der Waals surface area (Å²) in [5, 5.41) is 22.4. The van der Waals surface area contributed by atoms with Crippen molar-refractivity contribution in [2.45, 2.75) is 81.5 Å². The van der Waals surface area contributed by atoms with E-state index in [9.17, 15) is 33.1 Å². The van der Waals surface area contributed by atoms with Gasteiger partial charge in [-0.15, -0.1) is 5.10 Å². The minimum atomic E-state index is -1.37. The first kappa shape index (κ1) is 42.1. The summed E-state index contributed by atoms with van der Waals surface area (Å²) in [6.45, 7) is 3.79. The van der Waals surface area contributed by atoms with E-state index in [4.69, 9.17) is 33.7 Å². The third-order valence-electron chi connectivity index (χ3n) is 9.71. The first-order valence-corrected chi connectivity index (χ1v) is 20.1. The summed E-state index contributed by atoms with van der Waals surface area (Å²) in [5.74, 6) is -4.38. The number of anilines is 1. The topological polar surface area (TPSA) is 203 Å². The average Bonchev–Trinajstić information content (AvgIpc) is 3.73. The lowest BCUT2D eigenvalue weighted by Crippen LogP contribution is -2.41. The summed E-state index contributed by atoms with van der Waals surface area (Å²) in [6.07, 6.45) is -2.34. The molecule has 2 saturated carbocycles. The van der Waals surface area contributed by atoms with Crippen molar-refractivity contribution in [3.63, 3.8) is 0 Å². The van der Waals surface area contributed by atoms with Crippen LogP contribution in [-0.2, 0) is 23.8 Å². The van der Waals surface area contributed by atoms with Gasteiger partial charge in [0.05, 0.1) is 19.3 Å². The Bertz CT molecular complexity index is 2420. The molecule has 0 spiro atoms. The Kier molecular flexibility index (Phi) is 13.0. The maximum Gasteiger partial charge on any atom is 0.342 e. The zero-order valence-electron chi connectivity index (χ0n) is 32.6. The standard InChI is InChI=1S/C41H40F2N6O10S/c1-4-17-60-41-45-37(44-29-19-26(29)23-13-14-27(42)28(43)18-23)34-38(46-41)49(48-47-34)30-20-33(55-16-15-50)36(59-40(54)25-10-6-8-12-32(25)57-22(3)52)35(30)58-39(53)24-9-5-7-11-31(24)56-21(2)51/h5-14,18,26,29-30,33,35-36,50H,4,15-17,19-20H2,1-3H3,(H,44,45,46)/t26-,29?,30+,33-,35-,36+/m0/s1. The molecular weight excluding hydrogens is 807 g/mol. The molecule has 2 heterocycles. The number of thioether (sulfide) groups is 1. The Morgan fingerprint density at radius 2 is 1.52 bits per heavy atom. The van der Waals surface area contributed by atoms with Crippen molar-refractivity contribution in [2.24, 2.45) is 0 Å². The highest BCUT2D eigenvalue weighted by Crippen LogP contribution is 2.45. The highest BCUT2D eigenvalue weighted by molar-refractivity contribution is 7.99. The molecule has 16 nitrogen and oxygen atoms in total. The van der Waals surface area contributed by atoms with Crippen LogP contribution in [0.15, 0.2) is 71.9 Å². The minimum absolute atomic E-state index is 0.00340. The molecule has 5 aromatic rings.